The summed E-state index contributed by atoms with van der Waals surface area (Å²) < 4.78 is 18.5. The molecule has 0 radical (unpaired) electrons. The predicted molar refractivity (Wildman–Crippen MR) is 112 cm³/mol. The van der Waals surface area contributed by atoms with Gasteiger partial charge in [-0.15, -0.1) is 0 Å². The van der Waals surface area contributed by atoms with E-state index in [1.165, 1.54) is 12.1 Å². The van der Waals surface area contributed by atoms with E-state index >= 15 is 0 Å². The molecule has 0 aliphatic carbocycles. The number of hydrogen-bond acceptors (Lipinski definition) is 3. The van der Waals surface area contributed by atoms with Crippen LogP contribution in [0, 0.1) is 5.82 Å². The van der Waals surface area contributed by atoms with Gasteiger partial charge in [0, 0.05) is 40.3 Å². The van der Waals surface area contributed by atoms with Gasteiger partial charge in [-0.1, -0.05) is 47.4 Å². The van der Waals surface area contributed by atoms with Crippen LogP contribution in [0.2, 0.25) is 15.1 Å². The maximum atomic E-state index is 13.3. The first-order valence-electron chi connectivity index (χ1n) is 8.51. The summed E-state index contributed by atoms with van der Waals surface area (Å²) in [6.45, 7) is 3.76. The Morgan fingerprint density at radius 2 is 1.72 bits per heavy atom. The first kappa shape index (κ1) is 23.0. The second-order valence-electron chi connectivity index (χ2n) is 5.95. The highest BCUT2D eigenvalue weighted by molar-refractivity contribution is 6.36. The number of ether oxygens (including phenoxy) is 1. The van der Waals surface area contributed by atoms with Gasteiger partial charge in [-0.2, -0.15) is 0 Å². The summed E-state index contributed by atoms with van der Waals surface area (Å²) in [5.74, 6) is -1.24. The lowest BCUT2D eigenvalue weighted by molar-refractivity contribution is -0.123. The summed E-state index contributed by atoms with van der Waals surface area (Å²) in [5.41, 5.74) is 0.898. The zero-order chi connectivity index (χ0) is 21.4. The highest BCUT2D eigenvalue weighted by Crippen LogP contribution is 2.24. The van der Waals surface area contributed by atoms with Crippen LogP contribution in [0.25, 0.3) is 0 Å². The van der Waals surface area contributed by atoms with Gasteiger partial charge in [0.15, 0.2) is 6.61 Å². The lowest BCUT2D eigenvalue weighted by Gasteiger charge is -2.11. The third kappa shape index (κ3) is 7.24. The molecule has 2 amide bonds. The minimum absolute atomic E-state index is 0.0320. The number of halogens is 4. The number of carbonyl (C=O) groups excluding carboxylic acids is 2. The maximum Gasteiger partial charge on any atom is 0.257 e. The number of amides is 2. The van der Waals surface area contributed by atoms with Crippen LogP contribution in [0.5, 0.6) is 5.75 Å². The first-order chi connectivity index (χ1) is 13.8. The van der Waals surface area contributed by atoms with E-state index in [4.69, 9.17) is 39.5 Å². The topological polar surface area (TPSA) is 67.4 Å². The summed E-state index contributed by atoms with van der Waals surface area (Å²) >= 11 is 17.7. The van der Waals surface area contributed by atoms with E-state index < -0.39 is 11.7 Å². The number of benzene rings is 2. The SMILES string of the molecule is C=C(CCNC(=O)COc1ccc(Cl)c(F)c1)C(=O)NCc1c(Cl)cccc1Cl. The summed E-state index contributed by atoms with van der Waals surface area (Å²) in [7, 11) is 0. The van der Waals surface area contributed by atoms with Crippen molar-refractivity contribution in [3.05, 3.63) is 75.0 Å². The second kappa shape index (κ2) is 11.0. The van der Waals surface area contributed by atoms with E-state index in [0.29, 0.717) is 15.6 Å². The average Bonchev–Trinajstić information content (AvgIpc) is 2.68. The Morgan fingerprint density at radius 3 is 2.38 bits per heavy atom. The Bertz CT molecular complexity index is 902. The molecule has 29 heavy (non-hydrogen) atoms. The van der Waals surface area contributed by atoms with Crippen LogP contribution in [0.15, 0.2) is 48.6 Å². The lowest BCUT2D eigenvalue weighted by atomic mass is 10.2. The van der Waals surface area contributed by atoms with Gasteiger partial charge in [0.25, 0.3) is 5.91 Å². The predicted octanol–water partition coefficient (Wildman–Crippen LogP) is 4.54. The standard InChI is InChI=1S/C20H18Cl3FN2O3/c1-12(20(28)26-10-14-15(21)3-2-4-16(14)22)7-8-25-19(27)11-29-13-5-6-17(23)18(24)9-13/h2-6,9H,1,7-8,10-11H2,(H,25,27)(H,26,28). The fourth-order valence-electron chi connectivity index (χ4n) is 2.23. The molecule has 2 aromatic rings. The van der Waals surface area contributed by atoms with Crippen molar-refractivity contribution in [2.24, 2.45) is 0 Å². The molecule has 5 nitrogen and oxygen atoms in total. The Morgan fingerprint density at radius 1 is 1.03 bits per heavy atom. The minimum atomic E-state index is -0.634. The zero-order valence-electron chi connectivity index (χ0n) is 15.2. The monoisotopic (exact) mass is 458 g/mol. The van der Waals surface area contributed by atoms with Crippen LogP contribution in [0.3, 0.4) is 0 Å². The molecule has 0 aromatic heterocycles. The summed E-state index contributed by atoms with van der Waals surface area (Å²) in [6, 6.07) is 8.95. The van der Waals surface area contributed by atoms with Gasteiger partial charge >= 0.3 is 0 Å². The largest absolute Gasteiger partial charge is 0.484 e. The summed E-state index contributed by atoms with van der Waals surface area (Å²) in [4.78, 5) is 23.9. The smallest absolute Gasteiger partial charge is 0.257 e. The fraction of sp³-hybridized carbons (Fsp3) is 0.200. The van der Waals surface area contributed by atoms with Crippen LogP contribution < -0.4 is 15.4 Å². The molecule has 0 fully saturated rings. The summed E-state index contributed by atoms with van der Waals surface area (Å²) in [5, 5.41) is 6.15. The highest BCUT2D eigenvalue weighted by Gasteiger charge is 2.11. The molecule has 0 saturated carbocycles. The van der Waals surface area contributed by atoms with E-state index in [2.05, 4.69) is 17.2 Å². The number of hydrogen-bond donors (Lipinski definition) is 2. The quantitative estimate of drug-likeness (QED) is 0.541. The van der Waals surface area contributed by atoms with Crippen LogP contribution in [0.1, 0.15) is 12.0 Å². The first-order valence-corrected chi connectivity index (χ1v) is 9.64. The van der Waals surface area contributed by atoms with Crippen molar-refractivity contribution >= 4 is 46.6 Å². The molecule has 9 heteroatoms. The van der Waals surface area contributed by atoms with Crippen molar-refractivity contribution in [2.45, 2.75) is 13.0 Å². The zero-order valence-corrected chi connectivity index (χ0v) is 17.5. The van der Waals surface area contributed by atoms with Crippen molar-refractivity contribution in [3.8, 4) is 5.75 Å². The Balaban J connectivity index is 1.69. The molecule has 2 rings (SSSR count). The van der Waals surface area contributed by atoms with Crippen molar-refractivity contribution in [1.82, 2.24) is 10.6 Å². The molecule has 0 heterocycles. The molecule has 0 atom stereocenters. The van der Waals surface area contributed by atoms with E-state index in [0.717, 1.165) is 6.07 Å². The van der Waals surface area contributed by atoms with E-state index in [-0.39, 0.29) is 48.4 Å². The van der Waals surface area contributed by atoms with Crippen LogP contribution in [-0.2, 0) is 16.1 Å². The van der Waals surface area contributed by atoms with Gasteiger partial charge in [0.05, 0.1) is 5.02 Å². The van der Waals surface area contributed by atoms with Crippen LogP contribution in [0.4, 0.5) is 4.39 Å². The summed E-state index contributed by atoms with van der Waals surface area (Å²) in [6.07, 6.45) is 0.239. The van der Waals surface area contributed by atoms with Crippen molar-refractivity contribution in [1.29, 1.82) is 0 Å². The van der Waals surface area contributed by atoms with Gasteiger partial charge < -0.3 is 15.4 Å². The fourth-order valence-corrected chi connectivity index (χ4v) is 2.88. The van der Waals surface area contributed by atoms with Crippen molar-refractivity contribution in [2.75, 3.05) is 13.2 Å². The van der Waals surface area contributed by atoms with Crippen molar-refractivity contribution < 1.29 is 18.7 Å². The average molecular weight is 460 g/mol. The van der Waals surface area contributed by atoms with Gasteiger partial charge in [-0.3, -0.25) is 9.59 Å². The van der Waals surface area contributed by atoms with Crippen LogP contribution >= 0.6 is 34.8 Å². The molecule has 2 aromatic carbocycles. The maximum absolute atomic E-state index is 13.3. The van der Waals surface area contributed by atoms with Crippen molar-refractivity contribution in [3.63, 3.8) is 0 Å². The Labute approximate surface area is 182 Å². The molecule has 0 aliphatic rings. The molecule has 0 unspecified atom stereocenters. The molecular formula is C20H18Cl3FN2O3. The van der Waals surface area contributed by atoms with E-state index in [9.17, 15) is 14.0 Å². The Hall–Kier alpha value is -2.28. The van der Waals surface area contributed by atoms with E-state index in [1.54, 1.807) is 18.2 Å². The number of rotatable bonds is 9. The highest BCUT2D eigenvalue weighted by atomic mass is 35.5. The lowest BCUT2D eigenvalue weighted by Crippen LogP contribution is -2.31. The molecule has 2 N–H and O–H groups in total. The molecule has 0 bridgehead atoms. The second-order valence-corrected chi connectivity index (χ2v) is 7.17. The van der Waals surface area contributed by atoms with E-state index in [1.807, 2.05) is 0 Å². The minimum Gasteiger partial charge on any atom is -0.484 e. The van der Waals surface area contributed by atoms with Gasteiger partial charge in [0.1, 0.15) is 11.6 Å². The van der Waals surface area contributed by atoms with Gasteiger partial charge in [-0.05, 0) is 30.7 Å². The normalized spacial score (nSPS) is 10.3. The molecule has 0 spiro atoms. The van der Waals surface area contributed by atoms with Gasteiger partial charge in [-0.25, -0.2) is 4.39 Å². The Kier molecular flexibility index (Phi) is 8.76. The molecule has 0 saturated heterocycles. The molecule has 154 valence electrons. The third-order valence-corrected chi connectivity index (χ3v) is 4.83. The number of carbonyl (C=O) groups is 2. The van der Waals surface area contributed by atoms with Gasteiger partial charge in [0.2, 0.25) is 5.91 Å². The molecule has 0 aliphatic heterocycles. The van der Waals surface area contributed by atoms with Crippen LogP contribution in [-0.4, -0.2) is 25.0 Å². The number of nitrogens with one attached hydrogen (secondary N) is 2. The third-order valence-electron chi connectivity index (χ3n) is 3.82. The molecular weight excluding hydrogens is 442 g/mol.